The molecular weight excluding hydrogens is 352 g/mol. The predicted molar refractivity (Wildman–Crippen MR) is 100 cm³/mol. The van der Waals surface area contributed by atoms with Crippen molar-refractivity contribution in [3.8, 4) is 5.75 Å². The van der Waals surface area contributed by atoms with Crippen LogP contribution in [-0.4, -0.2) is 40.9 Å². The van der Waals surface area contributed by atoms with Gasteiger partial charge in [0.25, 0.3) is 5.56 Å². The molecular formula is C19H24N2O6. The van der Waals surface area contributed by atoms with Gasteiger partial charge >= 0.3 is 12.1 Å². The number of amides is 1. The van der Waals surface area contributed by atoms with Gasteiger partial charge in [0.15, 0.2) is 0 Å². The summed E-state index contributed by atoms with van der Waals surface area (Å²) in [4.78, 5) is 37.4. The minimum atomic E-state index is -1.06. The van der Waals surface area contributed by atoms with Crippen molar-refractivity contribution in [3.05, 3.63) is 40.2 Å². The fourth-order valence-corrected chi connectivity index (χ4v) is 2.38. The average Bonchev–Trinajstić information content (AvgIpc) is 2.55. The quantitative estimate of drug-likeness (QED) is 0.667. The third-order valence-corrected chi connectivity index (χ3v) is 3.72. The molecule has 27 heavy (non-hydrogen) atoms. The maximum absolute atomic E-state index is 12.1. The number of rotatable bonds is 6. The zero-order valence-corrected chi connectivity index (χ0v) is 15.8. The van der Waals surface area contributed by atoms with Gasteiger partial charge in [-0.1, -0.05) is 0 Å². The molecule has 2 aromatic rings. The van der Waals surface area contributed by atoms with Crippen molar-refractivity contribution in [2.45, 2.75) is 39.2 Å². The molecule has 1 amide bonds. The molecule has 8 nitrogen and oxygen atoms in total. The molecule has 0 bridgehead atoms. The van der Waals surface area contributed by atoms with E-state index >= 15 is 0 Å². The van der Waals surface area contributed by atoms with E-state index in [-0.39, 0.29) is 18.7 Å². The molecule has 8 heteroatoms. The van der Waals surface area contributed by atoms with Gasteiger partial charge in [0.05, 0.1) is 18.0 Å². The Balaban J connectivity index is 2.00. The maximum atomic E-state index is 12.1. The Kier molecular flexibility index (Phi) is 6.09. The van der Waals surface area contributed by atoms with E-state index in [0.717, 1.165) is 0 Å². The number of aromatic nitrogens is 1. The van der Waals surface area contributed by atoms with E-state index in [1.54, 1.807) is 45.0 Å². The van der Waals surface area contributed by atoms with E-state index in [2.05, 4.69) is 10.3 Å². The molecule has 0 fully saturated rings. The molecule has 0 aliphatic rings. The maximum Gasteiger partial charge on any atom is 0.407 e. The Bertz CT molecular complexity index is 897. The first-order chi connectivity index (χ1) is 12.6. The summed E-state index contributed by atoms with van der Waals surface area (Å²) in [5.74, 6) is -1.44. The van der Waals surface area contributed by atoms with Crippen LogP contribution in [0.25, 0.3) is 10.9 Å². The van der Waals surface area contributed by atoms with Gasteiger partial charge in [0.1, 0.15) is 18.0 Å². The lowest BCUT2D eigenvalue weighted by atomic mass is 10.0. The van der Waals surface area contributed by atoms with Crippen LogP contribution in [0.3, 0.4) is 0 Å². The molecule has 1 aromatic carbocycles. The van der Waals surface area contributed by atoms with E-state index in [0.29, 0.717) is 16.7 Å². The zero-order valence-electron chi connectivity index (χ0n) is 15.8. The molecule has 0 radical (unpaired) electrons. The topological polar surface area (TPSA) is 118 Å². The number of nitrogens with one attached hydrogen (secondary N) is 2. The summed E-state index contributed by atoms with van der Waals surface area (Å²) in [7, 11) is 0. The molecule has 3 N–H and O–H groups in total. The first-order valence-corrected chi connectivity index (χ1v) is 8.56. The summed E-state index contributed by atoms with van der Waals surface area (Å²) in [6.07, 6.45) is -0.519. The number of carbonyl (C=O) groups is 2. The normalized spacial score (nSPS) is 12.4. The zero-order chi connectivity index (χ0) is 20.2. The van der Waals surface area contributed by atoms with Gasteiger partial charge in [-0.05, 0) is 51.3 Å². The summed E-state index contributed by atoms with van der Waals surface area (Å²) in [6.45, 7) is 7.29. The number of aromatic amines is 1. The van der Waals surface area contributed by atoms with Crippen molar-refractivity contribution in [1.29, 1.82) is 0 Å². The fraction of sp³-hybridized carbons (Fsp3) is 0.421. The van der Waals surface area contributed by atoms with Gasteiger partial charge in [0.2, 0.25) is 0 Å². The number of hydrogen-bond acceptors (Lipinski definition) is 5. The molecule has 1 atom stereocenters. The Morgan fingerprint density at radius 1 is 1.26 bits per heavy atom. The smallest absolute Gasteiger partial charge is 0.407 e. The molecule has 1 aromatic heterocycles. The number of carbonyl (C=O) groups excluding carboxylic acids is 1. The molecule has 1 unspecified atom stereocenters. The number of aliphatic carboxylic acids is 1. The van der Waals surface area contributed by atoms with Crippen LogP contribution in [0.4, 0.5) is 4.79 Å². The number of pyridine rings is 1. The van der Waals surface area contributed by atoms with Crippen molar-refractivity contribution >= 4 is 23.0 Å². The highest BCUT2D eigenvalue weighted by Crippen LogP contribution is 2.21. The van der Waals surface area contributed by atoms with E-state index in [4.69, 9.17) is 14.6 Å². The summed E-state index contributed by atoms with van der Waals surface area (Å²) in [5, 5.41) is 12.4. The van der Waals surface area contributed by atoms with E-state index < -0.39 is 29.1 Å². The van der Waals surface area contributed by atoms with Gasteiger partial charge in [-0.15, -0.1) is 0 Å². The van der Waals surface area contributed by atoms with Gasteiger partial charge < -0.3 is 24.9 Å². The van der Waals surface area contributed by atoms with Crippen molar-refractivity contribution in [2.75, 3.05) is 13.2 Å². The lowest BCUT2D eigenvalue weighted by Gasteiger charge is -2.19. The van der Waals surface area contributed by atoms with Crippen molar-refractivity contribution in [1.82, 2.24) is 10.3 Å². The first-order valence-electron chi connectivity index (χ1n) is 8.56. The Labute approximate surface area is 156 Å². The number of carboxylic acid groups (broad SMARTS) is 1. The average molecular weight is 376 g/mol. The first kappa shape index (κ1) is 20.3. The van der Waals surface area contributed by atoms with Crippen LogP contribution in [0.5, 0.6) is 5.75 Å². The standard InChI is InChI=1S/C19H24N2O6/c1-11(17(23)24)14-9-12-5-6-13(10-15(12)21-16(14)22)26-8-7-20-18(25)27-19(2,3)4/h5-6,9-11H,7-8H2,1-4H3,(H,20,25)(H,21,22)(H,23,24). The molecule has 0 saturated heterocycles. The van der Waals surface area contributed by atoms with Crippen LogP contribution in [0.15, 0.2) is 29.1 Å². The van der Waals surface area contributed by atoms with E-state index in [1.165, 1.54) is 6.92 Å². The predicted octanol–water partition coefficient (Wildman–Crippen LogP) is 2.62. The van der Waals surface area contributed by atoms with Gasteiger partial charge in [-0.25, -0.2) is 4.79 Å². The third kappa shape index (κ3) is 5.73. The van der Waals surface area contributed by atoms with Crippen molar-refractivity contribution in [2.24, 2.45) is 0 Å². The Hall–Kier alpha value is -3.03. The molecule has 0 aliphatic heterocycles. The van der Waals surface area contributed by atoms with Crippen LogP contribution in [0.2, 0.25) is 0 Å². The second-order valence-electron chi connectivity index (χ2n) is 7.14. The van der Waals surface area contributed by atoms with Crippen molar-refractivity contribution in [3.63, 3.8) is 0 Å². The molecule has 146 valence electrons. The summed E-state index contributed by atoms with van der Waals surface area (Å²) >= 11 is 0. The monoisotopic (exact) mass is 376 g/mol. The third-order valence-electron chi connectivity index (χ3n) is 3.72. The number of ether oxygens (including phenoxy) is 2. The van der Waals surface area contributed by atoms with Crippen LogP contribution in [0, 0.1) is 0 Å². The Morgan fingerprint density at radius 2 is 1.96 bits per heavy atom. The lowest BCUT2D eigenvalue weighted by Crippen LogP contribution is -2.34. The van der Waals surface area contributed by atoms with E-state index in [1.807, 2.05) is 0 Å². The molecule has 2 rings (SSSR count). The van der Waals surface area contributed by atoms with Gasteiger partial charge in [-0.3, -0.25) is 9.59 Å². The van der Waals surface area contributed by atoms with Crippen LogP contribution in [-0.2, 0) is 9.53 Å². The second kappa shape index (κ2) is 8.11. The largest absolute Gasteiger partial charge is 0.492 e. The molecule has 1 heterocycles. The number of alkyl carbamates (subject to hydrolysis) is 1. The highest BCUT2D eigenvalue weighted by Gasteiger charge is 2.18. The van der Waals surface area contributed by atoms with E-state index in [9.17, 15) is 14.4 Å². The minimum absolute atomic E-state index is 0.199. The van der Waals surface area contributed by atoms with Gasteiger partial charge in [0, 0.05) is 11.6 Å². The summed E-state index contributed by atoms with van der Waals surface area (Å²) < 4.78 is 10.7. The van der Waals surface area contributed by atoms with Crippen LogP contribution in [0.1, 0.15) is 39.2 Å². The van der Waals surface area contributed by atoms with Gasteiger partial charge in [-0.2, -0.15) is 0 Å². The summed E-state index contributed by atoms with van der Waals surface area (Å²) in [6, 6.07) is 6.67. The SMILES string of the molecule is CC(C(=O)O)c1cc2ccc(OCCNC(=O)OC(C)(C)C)cc2[nH]c1=O. The number of benzene rings is 1. The number of fused-ring (bicyclic) bond motifs is 1. The number of carboxylic acids is 1. The second-order valence-corrected chi connectivity index (χ2v) is 7.14. The number of hydrogen-bond donors (Lipinski definition) is 3. The summed E-state index contributed by atoms with van der Waals surface area (Å²) in [5.41, 5.74) is -0.267. The number of H-pyrrole nitrogens is 1. The molecule has 0 spiro atoms. The fourth-order valence-electron chi connectivity index (χ4n) is 2.38. The highest BCUT2D eigenvalue weighted by molar-refractivity contribution is 5.83. The molecule has 0 aliphatic carbocycles. The van der Waals surface area contributed by atoms with Crippen LogP contribution >= 0.6 is 0 Å². The minimum Gasteiger partial charge on any atom is -0.492 e. The highest BCUT2D eigenvalue weighted by atomic mass is 16.6. The molecule has 0 saturated carbocycles. The van der Waals surface area contributed by atoms with Crippen molar-refractivity contribution < 1.29 is 24.2 Å². The van der Waals surface area contributed by atoms with Crippen LogP contribution < -0.4 is 15.6 Å². The Morgan fingerprint density at radius 3 is 2.59 bits per heavy atom. The lowest BCUT2D eigenvalue weighted by molar-refractivity contribution is -0.138.